The molecule has 2 N–H and O–H groups in total. The van der Waals surface area contributed by atoms with Gasteiger partial charge in [0.15, 0.2) is 5.60 Å². The van der Waals surface area contributed by atoms with Crippen LogP contribution in [-0.2, 0) is 15.1 Å². The second kappa shape index (κ2) is 4.85. The molecule has 0 bridgehead atoms. The van der Waals surface area contributed by atoms with Crippen molar-refractivity contribution in [1.82, 2.24) is 0 Å². The first kappa shape index (κ1) is 14.3. The number of carbonyl (C=O) groups is 1. The summed E-state index contributed by atoms with van der Waals surface area (Å²) in [6, 6.07) is 4.26. The van der Waals surface area contributed by atoms with E-state index in [1.807, 2.05) is 0 Å². The smallest absolute Gasteiger partial charge is 0.422 e. The van der Waals surface area contributed by atoms with Gasteiger partial charge in [-0.15, -0.1) is 0 Å². The number of hydrogen-bond acceptors (Lipinski definition) is 3. The van der Waals surface area contributed by atoms with Crippen LogP contribution in [0.3, 0.4) is 0 Å². The van der Waals surface area contributed by atoms with Crippen molar-refractivity contribution in [3.63, 3.8) is 0 Å². The minimum atomic E-state index is -4.92. The van der Waals surface area contributed by atoms with Crippen LogP contribution in [0.15, 0.2) is 24.3 Å². The molecule has 0 fully saturated rings. The number of rotatable bonds is 4. The summed E-state index contributed by atoms with van der Waals surface area (Å²) in [5.74, 6) is -2.05. The molecular weight excluding hydrogens is 253 g/mol. The number of aliphatic carboxylic acids is 1. The molecule has 0 aliphatic heterocycles. The number of halogens is 3. The molecule has 7 heteroatoms. The number of hydrogen-bond donors (Lipinski definition) is 2. The fourth-order valence-corrected chi connectivity index (χ4v) is 1.64. The summed E-state index contributed by atoms with van der Waals surface area (Å²) >= 11 is 0. The van der Waals surface area contributed by atoms with Gasteiger partial charge in [-0.25, -0.2) is 0 Å². The molecular formula is C11H11F3O4. The summed E-state index contributed by atoms with van der Waals surface area (Å²) in [5, 5.41) is 17.8. The third kappa shape index (κ3) is 2.56. The molecule has 18 heavy (non-hydrogen) atoms. The van der Waals surface area contributed by atoms with Gasteiger partial charge in [0.2, 0.25) is 0 Å². The van der Waals surface area contributed by atoms with Crippen LogP contribution in [0.5, 0.6) is 5.75 Å². The highest BCUT2D eigenvalue weighted by Crippen LogP contribution is 2.45. The number of carboxylic acids is 1. The fourth-order valence-electron chi connectivity index (χ4n) is 1.64. The Hall–Kier alpha value is -1.76. The molecule has 0 aliphatic carbocycles. The van der Waals surface area contributed by atoms with E-state index in [9.17, 15) is 23.1 Å². The molecule has 0 aliphatic rings. The summed E-state index contributed by atoms with van der Waals surface area (Å²) < 4.78 is 43.7. The Labute approximate surface area is 101 Å². The SMILES string of the molecule is COC(CC(=O)O)(c1cccc(O)c1)C(F)(F)F. The summed E-state index contributed by atoms with van der Waals surface area (Å²) in [7, 11) is 0.778. The van der Waals surface area contributed by atoms with Gasteiger partial charge < -0.3 is 14.9 Å². The van der Waals surface area contributed by atoms with E-state index < -0.39 is 35.5 Å². The zero-order valence-electron chi connectivity index (χ0n) is 9.36. The first-order chi connectivity index (χ1) is 8.23. The number of carboxylic acid groups (broad SMARTS) is 1. The second-order valence-electron chi connectivity index (χ2n) is 3.65. The lowest BCUT2D eigenvalue weighted by Crippen LogP contribution is -2.45. The number of benzene rings is 1. The summed E-state index contributed by atoms with van der Waals surface area (Å²) in [6.07, 6.45) is -6.20. The average Bonchev–Trinajstić information content (AvgIpc) is 2.23. The van der Waals surface area contributed by atoms with Gasteiger partial charge in [0.25, 0.3) is 0 Å². The quantitative estimate of drug-likeness (QED) is 0.875. The van der Waals surface area contributed by atoms with Crippen molar-refractivity contribution in [2.45, 2.75) is 18.2 Å². The first-order valence-corrected chi connectivity index (χ1v) is 4.86. The molecule has 1 unspecified atom stereocenters. The van der Waals surface area contributed by atoms with Crippen LogP contribution < -0.4 is 0 Å². The maximum atomic E-state index is 13.1. The molecule has 100 valence electrons. The van der Waals surface area contributed by atoms with E-state index in [4.69, 9.17) is 5.11 Å². The Morgan fingerprint density at radius 1 is 1.39 bits per heavy atom. The van der Waals surface area contributed by atoms with Crippen LogP contribution in [-0.4, -0.2) is 29.5 Å². The Morgan fingerprint density at radius 2 is 2.00 bits per heavy atom. The van der Waals surface area contributed by atoms with Gasteiger partial charge in [-0.3, -0.25) is 4.79 Å². The van der Waals surface area contributed by atoms with Crippen molar-refractivity contribution in [3.05, 3.63) is 29.8 Å². The predicted molar refractivity (Wildman–Crippen MR) is 55.1 cm³/mol. The minimum Gasteiger partial charge on any atom is -0.508 e. The van der Waals surface area contributed by atoms with Gasteiger partial charge in [-0.1, -0.05) is 12.1 Å². The molecule has 0 radical (unpaired) electrons. The maximum Gasteiger partial charge on any atom is 0.422 e. The van der Waals surface area contributed by atoms with E-state index in [1.165, 1.54) is 12.1 Å². The lowest BCUT2D eigenvalue weighted by molar-refractivity contribution is -0.279. The third-order valence-corrected chi connectivity index (χ3v) is 2.52. The summed E-state index contributed by atoms with van der Waals surface area (Å²) in [5.41, 5.74) is -3.43. The monoisotopic (exact) mass is 264 g/mol. The van der Waals surface area contributed by atoms with E-state index in [0.29, 0.717) is 0 Å². The zero-order valence-corrected chi connectivity index (χ0v) is 9.36. The van der Waals surface area contributed by atoms with Crippen LogP contribution in [0.25, 0.3) is 0 Å². The van der Waals surface area contributed by atoms with Crippen molar-refractivity contribution >= 4 is 5.97 Å². The van der Waals surface area contributed by atoms with E-state index in [0.717, 1.165) is 19.2 Å². The molecule has 0 spiro atoms. The Kier molecular flexibility index (Phi) is 3.85. The van der Waals surface area contributed by atoms with E-state index in [-0.39, 0.29) is 0 Å². The first-order valence-electron chi connectivity index (χ1n) is 4.86. The molecule has 0 saturated heterocycles. The third-order valence-electron chi connectivity index (χ3n) is 2.52. The van der Waals surface area contributed by atoms with Crippen LogP contribution >= 0.6 is 0 Å². The minimum absolute atomic E-state index is 0.399. The molecule has 1 aromatic rings. The van der Waals surface area contributed by atoms with Crippen molar-refractivity contribution in [1.29, 1.82) is 0 Å². The zero-order chi connectivity index (χ0) is 14.0. The van der Waals surface area contributed by atoms with Gasteiger partial charge in [0, 0.05) is 7.11 Å². The molecule has 0 aromatic heterocycles. The number of methoxy groups -OCH3 is 1. The van der Waals surface area contributed by atoms with Gasteiger partial charge in [0.05, 0.1) is 6.42 Å². The average molecular weight is 264 g/mol. The number of aromatic hydroxyl groups is 1. The van der Waals surface area contributed by atoms with Crippen LogP contribution in [0.2, 0.25) is 0 Å². The predicted octanol–water partition coefficient (Wildman–Crippen LogP) is 2.27. The van der Waals surface area contributed by atoms with Crippen LogP contribution in [0.4, 0.5) is 13.2 Å². The van der Waals surface area contributed by atoms with Gasteiger partial charge in [-0.2, -0.15) is 13.2 Å². The molecule has 1 atom stereocenters. The molecule has 1 rings (SSSR count). The topological polar surface area (TPSA) is 66.8 Å². The molecule has 0 amide bonds. The van der Waals surface area contributed by atoms with Gasteiger partial charge >= 0.3 is 12.1 Å². The highest BCUT2D eigenvalue weighted by atomic mass is 19.4. The number of phenols is 1. The maximum absolute atomic E-state index is 13.1. The van der Waals surface area contributed by atoms with E-state index in [2.05, 4.69) is 4.74 Å². The molecule has 4 nitrogen and oxygen atoms in total. The Morgan fingerprint density at radius 3 is 2.39 bits per heavy atom. The van der Waals surface area contributed by atoms with Crippen molar-refractivity contribution in [2.75, 3.05) is 7.11 Å². The molecule has 0 saturated carbocycles. The van der Waals surface area contributed by atoms with Crippen molar-refractivity contribution in [2.24, 2.45) is 0 Å². The van der Waals surface area contributed by atoms with Crippen LogP contribution in [0, 0.1) is 0 Å². The van der Waals surface area contributed by atoms with Crippen molar-refractivity contribution < 1.29 is 32.9 Å². The standard InChI is InChI=1S/C11H11F3O4/c1-18-10(6-9(16)17,11(12,13)14)7-3-2-4-8(15)5-7/h2-5,15H,6H2,1H3,(H,16,17). The van der Waals surface area contributed by atoms with E-state index in [1.54, 1.807) is 0 Å². The largest absolute Gasteiger partial charge is 0.508 e. The summed E-state index contributed by atoms with van der Waals surface area (Å²) in [6.45, 7) is 0. The lowest BCUT2D eigenvalue weighted by Gasteiger charge is -2.33. The number of phenolic OH excluding ortho intramolecular Hbond substituents is 1. The Balaban J connectivity index is 3.39. The normalized spacial score (nSPS) is 15.1. The number of alkyl halides is 3. The second-order valence-corrected chi connectivity index (χ2v) is 3.65. The van der Waals surface area contributed by atoms with Gasteiger partial charge in [0.1, 0.15) is 5.75 Å². The highest BCUT2D eigenvalue weighted by Gasteiger charge is 2.58. The van der Waals surface area contributed by atoms with Crippen LogP contribution in [0.1, 0.15) is 12.0 Å². The fraction of sp³-hybridized carbons (Fsp3) is 0.364. The lowest BCUT2D eigenvalue weighted by atomic mass is 9.89. The summed E-state index contributed by atoms with van der Waals surface area (Å²) in [4.78, 5) is 10.6. The Bertz CT molecular complexity index is 444. The molecule has 1 aromatic carbocycles. The van der Waals surface area contributed by atoms with E-state index >= 15 is 0 Å². The molecule has 0 heterocycles. The van der Waals surface area contributed by atoms with Crippen molar-refractivity contribution in [3.8, 4) is 5.75 Å². The number of ether oxygens (including phenoxy) is 1. The highest BCUT2D eigenvalue weighted by molar-refractivity contribution is 5.69. The van der Waals surface area contributed by atoms with Gasteiger partial charge in [-0.05, 0) is 17.7 Å².